The van der Waals surface area contributed by atoms with Gasteiger partial charge < -0.3 is 10.0 Å². The largest absolute Gasteiger partial charge is 0.478 e. The lowest BCUT2D eigenvalue weighted by Gasteiger charge is -2.22. The molecule has 1 N–H and O–H groups in total. The lowest BCUT2D eigenvalue weighted by molar-refractivity contribution is 0.0696. The topological polar surface area (TPSA) is 57.6 Å². The third kappa shape index (κ3) is 3.73. The summed E-state index contributed by atoms with van der Waals surface area (Å²) < 4.78 is 0. The van der Waals surface area contributed by atoms with E-state index in [0.717, 1.165) is 49.9 Å². The molecule has 0 aliphatic carbocycles. The summed E-state index contributed by atoms with van der Waals surface area (Å²) in [6, 6.07) is 13.1. The standard InChI is InChI=1S/C21H23NO3/c1-15-18(20(23)22-11-7-2-3-8-12-22)13-17(14-19(15)21(24)25)16-9-5-4-6-10-16/h4-6,9-10,13-14H,2-3,7-8,11-12H2,1H3,(H,24,25). The molecule has 1 aliphatic heterocycles. The van der Waals surface area contributed by atoms with E-state index in [0.29, 0.717) is 11.1 Å². The van der Waals surface area contributed by atoms with Crippen LogP contribution < -0.4 is 0 Å². The van der Waals surface area contributed by atoms with Crippen molar-refractivity contribution in [1.82, 2.24) is 4.90 Å². The maximum Gasteiger partial charge on any atom is 0.335 e. The van der Waals surface area contributed by atoms with Crippen molar-refractivity contribution in [2.45, 2.75) is 32.6 Å². The molecule has 0 radical (unpaired) electrons. The zero-order valence-corrected chi connectivity index (χ0v) is 14.5. The van der Waals surface area contributed by atoms with Crippen molar-refractivity contribution in [2.24, 2.45) is 0 Å². The fraction of sp³-hybridized carbons (Fsp3) is 0.333. The van der Waals surface area contributed by atoms with Crippen LogP contribution in [0.5, 0.6) is 0 Å². The number of aromatic carboxylic acids is 1. The summed E-state index contributed by atoms with van der Waals surface area (Å²) in [6.45, 7) is 3.22. The molecule has 1 heterocycles. The van der Waals surface area contributed by atoms with Crippen LogP contribution in [0.4, 0.5) is 0 Å². The van der Waals surface area contributed by atoms with Gasteiger partial charge in [-0.3, -0.25) is 4.79 Å². The van der Waals surface area contributed by atoms with Crippen molar-refractivity contribution < 1.29 is 14.7 Å². The minimum Gasteiger partial charge on any atom is -0.478 e. The monoisotopic (exact) mass is 337 g/mol. The normalized spacial score (nSPS) is 14.8. The van der Waals surface area contributed by atoms with E-state index in [9.17, 15) is 14.7 Å². The van der Waals surface area contributed by atoms with Gasteiger partial charge in [-0.15, -0.1) is 0 Å². The average molecular weight is 337 g/mol. The molecule has 1 saturated heterocycles. The third-order valence-corrected chi connectivity index (χ3v) is 4.87. The number of hydrogen-bond donors (Lipinski definition) is 1. The molecule has 0 aromatic heterocycles. The third-order valence-electron chi connectivity index (χ3n) is 4.87. The van der Waals surface area contributed by atoms with E-state index in [1.165, 1.54) is 0 Å². The summed E-state index contributed by atoms with van der Waals surface area (Å²) in [5.74, 6) is -1.06. The minimum absolute atomic E-state index is 0.0559. The number of amides is 1. The highest BCUT2D eigenvalue weighted by Gasteiger charge is 2.23. The number of benzene rings is 2. The SMILES string of the molecule is Cc1c(C(=O)O)cc(-c2ccccc2)cc1C(=O)N1CCCCCC1. The van der Waals surface area contributed by atoms with E-state index in [1.54, 1.807) is 13.0 Å². The summed E-state index contributed by atoms with van der Waals surface area (Å²) >= 11 is 0. The van der Waals surface area contributed by atoms with Crippen molar-refractivity contribution in [2.75, 3.05) is 13.1 Å². The Morgan fingerprint density at radius 2 is 1.48 bits per heavy atom. The van der Waals surface area contributed by atoms with E-state index in [1.807, 2.05) is 41.3 Å². The highest BCUT2D eigenvalue weighted by atomic mass is 16.4. The van der Waals surface area contributed by atoms with E-state index in [-0.39, 0.29) is 11.5 Å². The first kappa shape index (κ1) is 17.2. The highest BCUT2D eigenvalue weighted by molar-refractivity contribution is 6.01. The molecule has 0 unspecified atom stereocenters. The quantitative estimate of drug-likeness (QED) is 0.904. The van der Waals surface area contributed by atoms with Crippen LogP contribution in [0, 0.1) is 6.92 Å². The van der Waals surface area contributed by atoms with Crippen LogP contribution in [0.1, 0.15) is 52.0 Å². The Kier molecular flexibility index (Phi) is 5.17. The summed E-state index contributed by atoms with van der Waals surface area (Å²) in [4.78, 5) is 26.6. The Hall–Kier alpha value is -2.62. The highest BCUT2D eigenvalue weighted by Crippen LogP contribution is 2.27. The van der Waals surface area contributed by atoms with E-state index in [2.05, 4.69) is 0 Å². The number of carboxylic acid groups (broad SMARTS) is 1. The van der Waals surface area contributed by atoms with Crippen LogP contribution in [0.2, 0.25) is 0 Å². The van der Waals surface area contributed by atoms with Gasteiger partial charge in [0.1, 0.15) is 0 Å². The lowest BCUT2D eigenvalue weighted by Crippen LogP contribution is -2.32. The number of carbonyl (C=O) groups is 2. The molecule has 0 bridgehead atoms. The second-order valence-corrected chi connectivity index (χ2v) is 6.57. The van der Waals surface area contributed by atoms with Crippen LogP contribution in [0.25, 0.3) is 11.1 Å². The molecular weight excluding hydrogens is 314 g/mol. The summed E-state index contributed by atoms with van der Waals surface area (Å²) in [5.41, 5.74) is 2.92. The first-order chi connectivity index (χ1) is 12.1. The van der Waals surface area contributed by atoms with Gasteiger partial charge in [0, 0.05) is 18.7 Å². The summed E-state index contributed by atoms with van der Waals surface area (Å²) in [6.07, 6.45) is 4.31. The molecule has 4 heteroatoms. The zero-order chi connectivity index (χ0) is 17.8. The molecular formula is C21H23NO3. The van der Waals surface area contributed by atoms with Gasteiger partial charge in [0.05, 0.1) is 5.56 Å². The van der Waals surface area contributed by atoms with Crippen LogP contribution >= 0.6 is 0 Å². The van der Waals surface area contributed by atoms with Gasteiger partial charge in [0.15, 0.2) is 0 Å². The Bertz CT molecular complexity index is 775. The second-order valence-electron chi connectivity index (χ2n) is 6.57. The smallest absolute Gasteiger partial charge is 0.335 e. The lowest BCUT2D eigenvalue weighted by atomic mass is 9.94. The number of likely N-dealkylation sites (tertiary alicyclic amines) is 1. The first-order valence-electron chi connectivity index (χ1n) is 8.80. The van der Waals surface area contributed by atoms with Gasteiger partial charge in [-0.25, -0.2) is 4.79 Å². The van der Waals surface area contributed by atoms with E-state index in [4.69, 9.17) is 0 Å². The molecule has 1 aliphatic rings. The first-order valence-corrected chi connectivity index (χ1v) is 8.80. The van der Waals surface area contributed by atoms with Gasteiger partial charge in [-0.05, 0) is 48.6 Å². The Morgan fingerprint density at radius 3 is 2.08 bits per heavy atom. The Balaban J connectivity index is 2.06. The number of hydrogen-bond acceptors (Lipinski definition) is 2. The minimum atomic E-state index is -1.000. The molecule has 130 valence electrons. The van der Waals surface area contributed by atoms with Crippen LogP contribution in [-0.4, -0.2) is 35.0 Å². The van der Waals surface area contributed by atoms with Crippen molar-refractivity contribution in [3.63, 3.8) is 0 Å². The molecule has 0 atom stereocenters. The molecule has 4 nitrogen and oxygen atoms in total. The van der Waals surface area contributed by atoms with Crippen molar-refractivity contribution in [1.29, 1.82) is 0 Å². The van der Waals surface area contributed by atoms with Gasteiger partial charge >= 0.3 is 5.97 Å². The van der Waals surface area contributed by atoms with E-state index < -0.39 is 5.97 Å². The fourth-order valence-corrected chi connectivity index (χ4v) is 3.40. The predicted molar refractivity (Wildman–Crippen MR) is 97.9 cm³/mol. The van der Waals surface area contributed by atoms with Gasteiger partial charge in [0.25, 0.3) is 5.91 Å². The molecule has 1 fully saturated rings. The van der Waals surface area contributed by atoms with E-state index >= 15 is 0 Å². The van der Waals surface area contributed by atoms with Crippen molar-refractivity contribution in [3.8, 4) is 11.1 Å². The Labute approximate surface area is 148 Å². The van der Waals surface area contributed by atoms with Crippen LogP contribution in [0.3, 0.4) is 0 Å². The predicted octanol–water partition coefficient (Wildman–Crippen LogP) is 4.38. The number of carbonyl (C=O) groups excluding carboxylic acids is 1. The second kappa shape index (κ2) is 7.51. The number of nitrogens with zero attached hydrogens (tertiary/aromatic N) is 1. The molecule has 0 saturated carbocycles. The maximum absolute atomic E-state index is 13.1. The zero-order valence-electron chi connectivity index (χ0n) is 14.5. The number of carboxylic acids is 1. The van der Waals surface area contributed by atoms with Crippen LogP contribution in [-0.2, 0) is 0 Å². The van der Waals surface area contributed by atoms with Gasteiger partial charge in [-0.2, -0.15) is 0 Å². The van der Waals surface area contributed by atoms with Crippen molar-refractivity contribution in [3.05, 3.63) is 59.2 Å². The summed E-state index contributed by atoms with van der Waals surface area (Å²) in [7, 11) is 0. The number of rotatable bonds is 3. The fourth-order valence-electron chi connectivity index (χ4n) is 3.40. The molecule has 2 aromatic carbocycles. The van der Waals surface area contributed by atoms with Gasteiger partial charge in [-0.1, -0.05) is 43.2 Å². The van der Waals surface area contributed by atoms with Gasteiger partial charge in [0.2, 0.25) is 0 Å². The molecule has 25 heavy (non-hydrogen) atoms. The average Bonchev–Trinajstić information content (AvgIpc) is 2.91. The Morgan fingerprint density at radius 1 is 0.880 bits per heavy atom. The molecule has 3 rings (SSSR count). The van der Waals surface area contributed by atoms with Crippen molar-refractivity contribution >= 4 is 11.9 Å². The molecule has 1 amide bonds. The molecule has 2 aromatic rings. The van der Waals surface area contributed by atoms with Crippen LogP contribution in [0.15, 0.2) is 42.5 Å². The maximum atomic E-state index is 13.1. The molecule has 0 spiro atoms. The summed E-state index contributed by atoms with van der Waals surface area (Å²) in [5, 5.41) is 9.57.